The quantitative estimate of drug-likeness (QED) is 0.341. The third-order valence-corrected chi connectivity index (χ3v) is 7.27. The third kappa shape index (κ3) is 7.69. The molecule has 1 fully saturated rings. The molecule has 204 valence electrons. The Morgan fingerprint density at radius 2 is 1.81 bits per heavy atom. The number of aryl methyl sites for hydroxylation is 1. The lowest BCUT2D eigenvalue weighted by Gasteiger charge is -2.44. The number of piperidine rings is 1. The number of carbonyl (C=O) groups excluding carboxylic acids is 1. The van der Waals surface area contributed by atoms with E-state index in [4.69, 9.17) is 9.47 Å². The molecule has 2 aromatic carbocycles. The molecule has 3 rings (SSSR count). The van der Waals surface area contributed by atoms with Gasteiger partial charge in [-0.15, -0.1) is 0 Å². The highest BCUT2D eigenvalue weighted by Gasteiger charge is 2.43. The van der Waals surface area contributed by atoms with Gasteiger partial charge in [0.2, 0.25) is 0 Å². The molecule has 0 saturated carbocycles. The summed E-state index contributed by atoms with van der Waals surface area (Å²) in [4.78, 5) is 15.1. The molecule has 2 aromatic rings. The summed E-state index contributed by atoms with van der Waals surface area (Å²) in [5.41, 5.74) is 0.291. The molecule has 1 saturated heterocycles. The van der Waals surface area contributed by atoms with Gasteiger partial charge in [0, 0.05) is 50.4 Å². The molecule has 0 radical (unpaired) electrons. The van der Waals surface area contributed by atoms with Gasteiger partial charge in [-0.25, -0.2) is 4.79 Å². The number of hydrogen-bond donors (Lipinski definition) is 3. The smallest absolute Gasteiger partial charge is 0.317 e. The Labute approximate surface area is 222 Å². The van der Waals surface area contributed by atoms with E-state index < -0.39 is 5.60 Å². The van der Waals surface area contributed by atoms with Crippen LogP contribution in [0, 0.1) is 12.8 Å². The number of hydrogen-bond acceptors (Lipinski definition) is 5. The number of benzene rings is 2. The Hall–Kier alpha value is -2.61. The second-order valence-corrected chi connectivity index (χ2v) is 10.9. The van der Waals surface area contributed by atoms with E-state index in [-0.39, 0.29) is 17.5 Å². The van der Waals surface area contributed by atoms with Crippen molar-refractivity contribution >= 4 is 6.03 Å². The average Bonchev–Trinajstić information content (AvgIpc) is 2.88. The first-order valence-electron chi connectivity index (χ1n) is 13.5. The van der Waals surface area contributed by atoms with Crippen molar-refractivity contribution in [3.05, 3.63) is 59.7 Å². The van der Waals surface area contributed by atoms with Crippen molar-refractivity contribution in [1.29, 1.82) is 0 Å². The molecule has 1 aliphatic rings. The second-order valence-electron chi connectivity index (χ2n) is 10.9. The van der Waals surface area contributed by atoms with Crippen molar-refractivity contribution in [2.45, 2.75) is 64.0 Å². The highest BCUT2D eigenvalue weighted by molar-refractivity contribution is 5.75. The van der Waals surface area contributed by atoms with Gasteiger partial charge < -0.3 is 30.1 Å². The first-order valence-corrected chi connectivity index (χ1v) is 13.5. The van der Waals surface area contributed by atoms with E-state index in [1.807, 2.05) is 81.2 Å². The van der Waals surface area contributed by atoms with E-state index in [2.05, 4.69) is 10.6 Å². The summed E-state index contributed by atoms with van der Waals surface area (Å²) >= 11 is 0. The fourth-order valence-corrected chi connectivity index (χ4v) is 5.31. The molecule has 7 heteroatoms. The number of ether oxygens (including phenoxy) is 2. The Kier molecular flexibility index (Phi) is 10.4. The number of nitrogens with zero attached hydrogens (tertiary/aromatic N) is 1. The standard InChI is InChI=1S/C30H45N3O4/c1-23-13-6-8-16-26(23)37-27-17-9-7-15-25(27)30(35,18-10-11-20-36-5)24-14-12-19-33(21-24)28(34)32-29(2,3)22-31-4/h6-9,13,15-17,24,31,35H,10-12,14,18-22H2,1-5H3,(H,32,34)/t24?,30-/m0/s1. The van der Waals surface area contributed by atoms with E-state index in [9.17, 15) is 9.90 Å². The number of nitrogens with one attached hydrogen (secondary N) is 2. The lowest BCUT2D eigenvalue weighted by atomic mass is 9.73. The molecule has 0 bridgehead atoms. The molecule has 0 spiro atoms. The molecule has 2 amide bonds. The maximum atomic E-state index is 13.2. The SMILES string of the molecule is CNCC(C)(C)NC(=O)N1CCCC([C@@](O)(CCCCOC)c2ccccc2Oc2ccccc2C)C1. The zero-order chi connectivity index (χ0) is 26.9. The van der Waals surface area contributed by atoms with Crippen LogP contribution in [0.5, 0.6) is 11.5 Å². The molecular formula is C30H45N3O4. The number of para-hydroxylation sites is 2. The third-order valence-electron chi connectivity index (χ3n) is 7.27. The van der Waals surface area contributed by atoms with Crippen molar-refractivity contribution in [3.63, 3.8) is 0 Å². The van der Waals surface area contributed by atoms with Crippen LogP contribution in [-0.4, -0.2) is 62.0 Å². The van der Waals surface area contributed by atoms with Crippen LogP contribution in [0.15, 0.2) is 48.5 Å². The van der Waals surface area contributed by atoms with Gasteiger partial charge in [0.25, 0.3) is 0 Å². The van der Waals surface area contributed by atoms with E-state index in [1.165, 1.54) is 0 Å². The molecule has 7 nitrogen and oxygen atoms in total. The number of rotatable bonds is 12. The topological polar surface area (TPSA) is 83.1 Å². The summed E-state index contributed by atoms with van der Waals surface area (Å²) in [5, 5.41) is 18.7. The van der Waals surface area contributed by atoms with E-state index in [0.29, 0.717) is 38.4 Å². The minimum absolute atomic E-state index is 0.0869. The predicted octanol–water partition coefficient (Wildman–Crippen LogP) is 5.21. The van der Waals surface area contributed by atoms with Crippen molar-refractivity contribution in [1.82, 2.24) is 15.5 Å². The molecule has 0 aromatic heterocycles. The Bertz CT molecular complexity index is 1010. The molecule has 1 aliphatic heterocycles. The van der Waals surface area contributed by atoms with Gasteiger partial charge in [0.05, 0.1) is 5.60 Å². The summed E-state index contributed by atoms with van der Waals surface area (Å²) in [7, 11) is 3.58. The zero-order valence-electron chi connectivity index (χ0n) is 23.2. The zero-order valence-corrected chi connectivity index (χ0v) is 23.2. The first-order chi connectivity index (χ1) is 17.7. The van der Waals surface area contributed by atoms with E-state index in [1.54, 1.807) is 7.11 Å². The maximum absolute atomic E-state index is 13.2. The van der Waals surface area contributed by atoms with Gasteiger partial charge in [0.1, 0.15) is 11.5 Å². The lowest BCUT2D eigenvalue weighted by Crippen LogP contribution is -2.57. The number of amides is 2. The summed E-state index contributed by atoms with van der Waals surface area (Å²) < 4.78 is 11.7. The number of unbranched alkanes of at least 4 members (excludes halogenated alkanes) is 1. The van der Waals surface area contributed by atoms with Crippen LogP contribution >= 0.6 is 0 Å². The molecule has 2 atom stereocenters. The highest BCUT2D eigenvalue weighted by atomic mass is 16.5. The van der Waals surface area contributed by atoms with Crippen LogP contribution in [0.25, 0.3) is 0 Å². The molecule has 1 heterocycles. The number of methoxy groups -OCH3 is 1. The van der Waals surface area contributed by atoms with Crippen LogP contribution in [0.3, 0.4) is 0 Å². The Morgan fingerprint density at radius 1 is 1.11 bits per heavy atom. The Balaban J connectivity index is 1.90. The number of carbonyl (C=O) groups is 1. The second kappa shape index (κ2) is 13.3. The molecule has 37 heavy (non-hydrogen) atoms. The van der Waals surface area contributed by atoms with Gasteiger partial charge in [-0.1, -0.05) is 36.4 Å². The van der Waals surface area contributed by atoms with E-state index in [0.717, 1.165) is 42.6 Å². The van der Waals surface area contributed by atoms with Crippen molar-refractivity contribution in [2.75, 3.05) is 40.4 Å². The van der Waals surface area contributed by atoms with Crippen LogP contribution in [-0.2, 0) is 10.3 Å². The number of likely N-dealkylation sites (tertiary alicyclic amines) is 1. The van der Waals surface area contributed by atoms with Crippen molar-refractivity contribution < 1.29 is 19.4 Å². The van der Waals surface area contributed by atoms with Crippen LogP contribution in [0.2, 0.25) is 0 Å². The first kappa shape index (κ1) is 29.0. The number of likely N-dealkylation sites (N-methyl/N-ethyl adjacent to an activating group) is 1. The summed E-state index contributed by atoms with van der Waals surface area (Å²) in [6, 6.07) is 15.6. The number of urea groups is 1. The lowest BCUT2D eigenvalue weighted by molar-refractivity contribution is -0.0576. The van der Waals surface area contributed by atoms with Crippen LogP contribution in [0.4, 0.5) is 4.79 Å². The molecule has 0 aliphatic carbocycles. The molecule has 1 unspecified atom stereocenters. The fraction of sp³-hybridized carbons (Fsp3) is 0.567. The van der Waals surface area contributed by atoms with Crippen molar-refractivity contribution in [3.8, 4) is 11.5 Å². The van der Waals surface area contributed by atoms with Gasteiger partial charge in [-0.2, -0.15) is 0 Å². The highest BCUT2D eigenvalue weighted by Crippen LogP contribution is 2.44. The Morgan fingerprint density at radius 3 is 2.51 bits per heavy atom. The van der Waals surface area contributed by atoms with Gasteiger partial charge in [-0.3, -0.25) is 0 Å². The normalized spacial score (nSPS) is 17.8. The molecule has 3 N–H and O–H groups in total. The summed E-state index contributed by atoms with van der Waals surface area (Å²) in [5.74, 6) is 1.31. The molecular weight excluding hydrogens is 466 g/mol. The van der Waals surface area contributed by atoms with Crippen molar-refractivity contribution in [2.24, 2.45) is 5.92 Å². The summed E-state index contributed by atoms with van der Waals surface area (Å²) in [6.07, 6.45) is 3.90. The van der Waals surface area contributed by atoms with Gasteiger partial charge >= 0.3 is 6.03 Å². The monoisotopic (exact) mass is 511 g/mol. The predicted molar refractivity (Wildman–Crippen MR) is 148 cm³/mol. The summed E-state index contributed by atoms with van der Waals surface area (Å²) in [6.45, 7) is 8.52. The minimum atomic E-state index is -1.15. The van der Waals surface area contributed by atoms with Gasteiger partial charge in [0.15, 0.2) is 0 Å². The van der Waals surface area contributed by atoms with E-state index >= 15 is 0 Å². The number of aliphatic hydroxyl groups is 1. The fourth-order valence-electron chi connectivity index (χ4n) is 5.31. The maximum Gasteiger partial charge on any atom is 0.317 e. The van der Waals surface area contributed by atoms with Crippen LogP contribution in [0.1, 0.15) is 57.1 Å². The minimum Gasteiger partial charge on any atom is -0.457 e. The largest absolute Gasteiger partial charge is 0.457 e. The average molecular weight is 512 g/mol. The van der Waals surface area contributed by atoms with Gasteiger partial charge in [-0.05, 0) is 77.6 Å². The van der Waals surface area contributed by atoms with Crippen LogP contribution < -0.4 is 15.4 Å².